The van der Waals surface area contributed by atoms with Crippen molar-refractivity contribution in [3.63, 3.8) is 0 Å². The van der Waals surface area contributed by atoms with Gasteiger partial charge in [-0.25, -0.2) is 4.68 Å². The highest BCUT2D eigenvalue weighted by atomic mass is 19.4. The number of ether oxygens (including phenoxy) is 2. The van der Waals surface area contributed by atoms with Gasteiger partial charge in [0, 0.05) is 12.5 Å². The van der Waals surface area contributed by atoms with Gasteiger partial charge in [-0.05, 0) is 49.2 Å². The van der Waals surface area contributed by atoms with Crippen molar-refractivity contribution in [3.05, 3.63) is 41.6 Å². The lowest BCUT2D eigenvalue weighted by atomic mass is 9.96. The third-order valence-electron chi connectivity index (χ3n) is 5.61. The summed E-state index contributed by atoms with van der Waals surface area (Å²) in [5.74, 6) is 1.39. The zero-order valence-corrected chi connectivity index (χ0v) is 16.9. The first kappa shape index (κ1) is 20.6. The van der Waals surface area contributed by atoms with E-state index in [1.807, 2.05) is 0 Å². The summed E-state index contributed by atoms with van der Waals surface area (Å²) in [5, 5.41) is 10.9. The molecule has 0 saturated carbocycles. The van der Waals surface area contributed by atoms with Gasteiger partial charge in [0.15, 0.2) is 17.5 Å². The summed E-state index contributed by atoms with van der Waals surface area (Å²) in [6.45, 7) is 1.65. The third-order valence-corrected chi connectivity index (χ3v) is 5.61. The van der Waals surface area contributed by atoms with Crippen molar-refractivity contribution < 1.29 is 22.6 Å². The lowest BCUT2D eigenvalue weighted by Crippen LogP contribution is -2.35. The highest BCUT2D eigenvalue weighted by Gasteiger charge is 2.46. The maximum absolute atomic E-state index is 13.9. The summed E-state index contributed by atoms with van der Waals surface area (Å²) in [5.41, 5.74) is 2.28. The number of alkyl halides is 3. The van der Waals surface area contributed by atoms with E-state index in [4.69, 9.17) is 9.47 Å². The van der Waals surface area contributed by atoms with Gasteiger partial charge in [-0.2, -0.15) is 18.3 Å². The Hall–Kier alpha value is -2.68. The van der Waals surface area contributed by atoms with Crippen LogP contribution in [-0.4, -0.2) is 43.3 Å². The van der Waals surface area contributed by atoms with Gasteiger partial charge in [0.05, 0.1) is 26.0 Å². The van der Waals surface area contributed by atoms with Crippen molar-refractivity contribution >= 4 is 11.4 Å². The number of nitrogens with zero attached hydrogens (tertiary/aromatic N) is 2. The summed E-state index contributed by atoms with van der Waals surface area (Å²) in [6, 6.07) is 4.68. The molecule has 2 aromatic rings. The second kappa shape index (κ2) is 8.22. The van der Waals surface area contributed by atoms with E-state index in [1.54, 1.807) is 24.3 Å². The monoisotopic (exact) mass is 422 g/mol. The fourth-order valence-electron chi connectivity index (χ4n) is 4.05. The quantitative estimate of drug-likeness (QED) is 0.768. The predicted molar refractivity (Wildman–Crippen MR) is 108 cm³/mol. The summed E-state index contributed by atoms with van der Waals surface area (Å²) >= 11 is 0. The van der Waals surface area contributed by atoms with E-state index < -0.39 is 18.3 Å². The molecule has 162 valence electrons. The molecule has 2 N–H and O–H groups in total. The Morgan fingerprint density at radius 1 is 1.10 bits per heavy atom. The van der Waals surface area contributed by atoms with E-state index in [-0.39, 0.29) is 6.42 Å². The third kappa shape index (κ3) is 3.98. The van der Waals surface area contributed by atoms with E-state index in [9.17, 15) is 13.2 Å². The van der Waals surface area contributed by atoms with Gasteiger partial charge in [-0.1, -0.05) is 12.1 Å². The van der Waals surface area contributed by atoms with Crippen LogP contribution >= 0.6 is 0 Å². The fourth-order valence-corrected chi connectivity index (χ4v) is 4.05. The number of nitrogens with one attached hydrogen (secondary N) is 2. The summed E-state index contributed by atoms with van der Waals surface area (Å²) in [4.78, 5) is 0. The Morgan fingerprint density at radius 3 is 2.63 bits per heavy atom. The van der Waals surface area contributed by atoms with Gasteiger partial charge in [-0.15, -0.1) is 0 Å². The summed E-state index contributed by atoms with van der Waals surface area (Å²) in [7, 11) is 3.03. The SMILES string of the molecule is COc1ccc([C@@H]2C[C@H](C(F)(F)F)n3nc(C4=CCCNCC4)cc3N2)cc1OC. The van der Waals surface area contributed by atoms with Crippen LogP contribution in [0.15, 0.2) is 30.3 Å². The van der Waals surface area contributed by atoms with Crippen LogP contribution in [-0.2, 0) is 0 Å². The van der Waals surface area contributed by atoms with Crippen molar-refractivity contribution in [1.82, 2.24) is 15.1 Å². The molecule has 0 spiro atoms. The van der Waals surface area contributed by atoms with Gasteiger partial charge in [0.25, 0.3) is 0 Å². The average Bonchev–Trinajstić information content (AvgIpc) is 2.97. The van der Waals surface area contributed by atoms with Crippen LogP contribution in [0.5, 0.6) is 11.5 Å². The number of rotatable bonds is 4. The minimum absolute atomic E-state index is 0.159. The molecule has 3 heterocycles. The van der Waals surface area contributed by atoms with E-state index in [1.165, 1.54) is 14.2 Å². The normalized spacial score (nSPS) is 21.8. The summed E-state index contributed by atoms with van der Waals surface area (Å²) in [6.07, 6.45) is -0.932. The van der Waals surface area contributed by atoms with E-state index in [0.29, 0.717) is 28.6 Å². The molecule has 1 aromatic carbocycles. The average molecular weight is 422 g/mol. The molecule has 4 rings (SSSR count). The Bertz CT molecular complexity index is 939. The number of anilines is 1. The van der Waals surface area contributed by atoms with Crippen LogP contribution in [0.4, 0.5) is 19.0 Å². The van der Waals surface area contributed by atoms with Gasteiger partial charge < -0.3 is 20.1 Å². The Morgan fingerprint density at radius 2 is 1.90 bits per heavy atom. The maximum atomic E-state index is 13.9. The number of aromatic nitrogens is 2. The van der Waals surface area contributed by atoms with E-state index in [0.717, 1.165) is 36.2 Å². The van der Waals surface area contributed by atoms with E-state index in [2.05, 4.69) is 21.8 Å². The molecule has 0 bridgehead atoms. The van der Waals surface area contributed by atoms with Crippen LogP contribution in [0.25, 0.3) is 5.57 Å². The molecule has 0 fully saturated rings. The van der Waals surface area contributed by atoms with Crippen molar-refractivity contribution in [2.24, 2.45) is 0 Å². The lowest BCUT2D eigenvalue weighted by Gasteiger charge is -2.33. The number of hydrogen-bond donors (Lipinski definition) is 2. The zero-order valence-electron chi connectivity index (χ0n) is 16.9. The second-order valence-corrected chi connectivity index (χ2v) is 7.48. The van der Waals surface area contributed by atoms with Crippen molar-refractivity contribution in [3.8, 4) is 11.5 Å². The van der Waals surface area contributed by atoms with Gasteiger partial charge in [-0.3, -0.25) is 0 Å². The number of fused-ring (bicyclic) bond motifs is 1. The van der Waals surface area contributed by atoms with E-state index >= 15 is 0 Å². The molecule has 30 heavy (non-hydrogen) atoms. The molecule has 0 saturated heterocycles. The van der Waals surface area contributed by atoms with Gasteiger partial charge in [0.2, 0.25) is 0 Å². The minimum Gasteiger partial charge on any atom is -0.493 e. The van der Waals surface area contributed by atoms with Crippen molar-refractivity contribution in [1.29, 1.82) is 0 Å². The largest absolute Gasteiger partial charge is 0.493 e. The van der Waals surface area contributed by atoms with Gasteiger partial charge >= 0.3 is 6.18 Å². The molecular formula is C21H25F3N4O2. The topological polar surface area (TPSA) is 60.3 Å². The first-order valence-electron chi connectivity index (χ1n) is 9.95. The molecule has 1 aromatic heterocycles. The zero-order chi connectivity index (χ0) is 21.3. The number of halogens is 3. The predicted octanol–water partition coefficient (Wildman–Crippen LogP) is 4.33. The highest BCUT2D eigenvalue weighted by molar-refractivity contribution is 5.66. The molecule has 6 nitrogen and oxygen atoms in total. The first-order valence-corrected chi connectivity index (χ1v) is 9.95. The molecule has 0 amide bonds. The number of hydrogen-bond acceptors (Lipinski definition) is 5. The Balaban J connectivity index is 1.70. The number of methoxy groups -OCH3 is 2. The van der Waals surface area contributed by atoms with Crippen molar-refractivity contribution in [2.75, 3.05) is 32.6 Å². The van der Waals surface area contributed by atoms with Crippen LogP contribution in [0.2, 0.25) is 0 Å². The van der Waals surface area contributed by atoms with Crippen LogP contribution in [0.3, 0.4) is 0 Å². The first-order chi connectivity index (χ1) is 14.4. The highest BCUT2D eigenvalue weighted by Crippen LogP contribution is 2.45. The molecule has 9 heteroatoms. The molecule has 2 aliphatic heterocycles. The molecule has 2 aliphatic rings. The fraction of sp³-hybridized carbons (Fsp3) is 0.476. The second-order valence-electron chi connectivity index (χ2n) is 7.48. The molecular weight excluding hydrogens is 397 g/mol. The van der Waals surface area contributed by atoms with Crippen LogP contribution in [0.1, 0.15) is 42.6 Å². The smallest absolute Gasteiger partial charge is 0.410 e. The summed E-state index contributed by atoms with van der Waals surface area (Å²) < 4.78 is 53.4. The number of benzene rings is 1. The minimum atomic E-state index is -4.41. The maximum Gasteiger partial charge on any atom is 0.410 e. The Kier molecular flexibility index (Phi) is 5.64. The molecule has 0 radical (unpaired) electrons. The van der Waals surface area contributed by atoms with Crippen LogP contribution < -0.4 is 20.1 Å². The standard InChI is InChI=1S/C21H25F3N4O2/c1-29-17-6-5-14(10-18(17)30-2)15-11-19(21(22,23)24)28-20(26-15)12-16(27-28)13-4-3-8-25-9-7-13/h4-6,10,12,15,19,25-26H,3,7-9,11H2,1-2H3/t15-,19+/m0/s1. The van der Waals surface area contributed by atoms with Crippen molar-refractivity contribution in [2.45, 2.75) is 37.5 Å². The molecule has 0 unspecified atom stereocenters. The van der Waals surface area contributed by atoms with Gasteiger partial charge in [0.1, 0.15) is 5.82 Å². The molecule has 2 atom stereocenters. The Labute approximate surface area is 173 Å². The lowest BCUT2D eigenvalue weighted by molar-refractivity contribution is -0.173. The van der Waals surface area contributed by atoms with Crippen LogP contribution in [0, 0.1) is 0 Å². The molecule has 0 aliphatic carbocycles.